The van der Waals surface area contributed by atoms with E-state index in [0.29, 0.717) is 5.41 Å². The molecule has 0 radical (unpaired) electrons. The van der Waals surface area contributed by atoms with E-state index in [9.17, 15) is 4.79 Å². The maximum atomic E-state index is 11.4. The molecule has 1 saturated carbocycles. The lowest BCUT2D eigenvalue weighted by Crippen LogP contribution is -2.33. The van der Waals surface area contributed by atoms with Gasteiger partial charge in [-0.3, -0.25) is 9.50 Å². The number of fused-ring (bicyclic) bond motifs is 1. The molecule has 2 aliphatic rings. The lowest BCUT2D eigenvalue weighted by atomic mass is 9.72. The van der Waals surface area contributed by atoms with E-state index >= 15 is 0 Å². The Morgan fingerprint density at radius 3 is 2.35 bits per heavy atom. The summed E-state index contributed by atoms with van der Waals surface area (Å²) in [6.45, 7) is 12.4. The van der Waals surface area contributed by atoms with Gasteiger partial charge in [-0.15, -0.1) is 0 Å². The van der Waals surface area contributed by atoms with Crippen LogP contribution < -0.4 is 0 Å². The number of hydrogen-bond donors (Lipinski definition) is 0. The van der Waals surface area contributed by atoms with Gasteiger partial charge in [-0.05, 0) is 30.1 Å². The first-order valence-electron chi connectivity index (χ1n) is 6.82. The summed E-state index contributed by atoms with van der Waals surface area (Å²) < 4.78 is 0. The Kier molecular flexibility index (Phi) is 6.14. The SMILES string of the molecule is CC.CC(=O)N1CC2CCC[C@]2(C(C)C)C1.F. The van der Waals surface area contributed by atoms with Gasteiger partial charge in [-0.1, -0.05) is 34.1 Å². The highest BCUT2D eigenvalue weighted by Crippen LogP contribution is 2.53. The standard InChI is InChI=1S/C12H21NO.C2H6.FH/c1-9(2)12-6-4-5-11(12)7-13(8-12)10(3)14;1-2;/h9,11H,4-8H2,1-3H3;1-2H3;1H/t11?,12-;;/m1../s1. The number of likely N-dealkylation sites (tertiary alicyclic amines) is 1. The maximum absolute atomic E-state index is 11.4. The van der Waals surface area contributed by atoms with Crippen molar-refractivity contribution in [3.05, 3.63) is 0 Å². The van der Waals surface area contributed by atoms with Crippen molar-refractivity contribution in [3.8, 4) is 0 Å². The van der Waals surface area contributed by atoms with Gasteiger partial charge in [0.15, 0.2) is 0 Å². The zero-order valence-electron chi connectivity index (χ0n) is 12.0. The third kappa shape index (κ3) is 2.80. The molecule has 1 amide bonds. The molecule has 2 atom stereocenters. The predicted molar refractivity (Wildman–Crippen MR) is 70.7 cm³/mol. The van der Waals surface area contributed by atoms with E-state index in [2.05, 4.69) is 18.7 Å². The summed E-state index contributed by atoms with van der Waals surface area (Å²) >= 11 is 0. The first-order chi connectivity index (χ1) is 7.56. The molecular formula is C14H28FNO. The van der Waals surface area contributed by atoms with Crippen LogP contribution in [0.5, 0.6) is 0 Å². The van der Waals surface area contributed by atoms with Gasteiger partial charge in [-0.2, -0.15) is 0 Å². The minimum atomic E-state index is 0. The second kappa shape index (κ2) is 6.36. The topological polar surface area (TPSA) is 20.3 Å². The van der Waals surface area contributed by atoms with Crippen LogP contribution in [0.25, 0.3) is 0 Å². The molecule has 1 saturated heterocycles. The highest BCUT2D eigenvalue weighted by molar-refractivity contribution is 5.73. The Hall–Kier alpha value is -0.600. The molecular weight excluding hydrogens is 217 g/mol. The van der Waals surface area contributed by atoms with Gasteiger partial charge in [0, 0.05) is 20.0 Å². The second-order valence-electron chi connectivity index (χ2n) is 5.38. The zero-order chi connectivity index (χ0) is 12.3. The number of halogens is 1. The van der Waals surface area contributed by atoms with E-state index < -0.39 is 0 Å². The molecule has 1 unspecified atom stereocenters. The summed E-state index contributed by atoms with van der Waals surface area (Å²) in [4.78, 5) is 13.4. The van der Waals surface area contributed by atoms with Gasteiger partial charge in [0.1, 0.15) is 0 Å². The monoisotopic (exact) mass is 245 g/mol. The Morgan fingerprint density at radius 1 is 1.35 bits per heavy atom. The van der Waals surface area contributed by atoms with Crippen LogP contribution in [0.15, 0.2) is 0 Å². The smallest absolute Gasteiger partial charge is 0.219 e. The molecule has 0 aromatic carbocycles. The molecule has 0 spiro atoms. The van der Waals surface area contributed by atoms with E-state index in [4.69, 9.17) is 0 Å². The van der Waals surface area contributed by atoms with Crippen LogP contribution in [0.3, 0.4) is 0 Å². The highest BCUT2D eigenvalue weighted by Gasteiger charge is 2.51. The fourth-order valence-electron chi connectivity index (χ4n) is 3.52. The molecule has 2 nitrogen and oxygen atoms in total. The molecule has 0 bridgehead atoms. The first-order valence-corrected chi connectivity index (χ1v) is 6.82. The number of amides is 1. The van der Waals surface area contributed by atoms with E-state index in [0.717, 1.165) is 24.9 Å². The van der Waals surface area contributed by atoms with E-state index in [1.807, 2.05) is 13.8 Å². The van der Waals surface area contributed by atoms with Gasteiger partial charge >= 0.3 is 0 Å². The van der Waals surface area contributed by atoms with Crippen LogP contribution in [0.2, 0.25) is 0 Å². The van der Waals surface area contributed by atoms with Gasteiger partial charge in [0.05, 0.1) is 0 Å². The minimum absolute atomic E-state index is 0. The lowest BCUT2D eigenvalue weighted by molar-refractivity contribution is -0.128. The van der Waals surface area contributed by atoms with Crippen molar-refractivity contribution in [2.45, 2.75) is 53.9 Å². The Morgan fingerprint density at radius 2 is 1.94 bits per heavy atom. The Bertz CT molecular complexity index is 255. The van der Waals surface area contributed by atoms with Crippen molar-refractivity contribution < 1.29 is 9.50 Å². The van der Waals surface area contributed by atoms with E-state index in [1.165, 1.54) is 19.3 Å². The van der Waals surface area contributed by atoms with E-state index in [-0.39, 0.29) is 10.6 Å². The third-order valence-corrected chi connectivity index (χ3v) is 4.53. The summed E-state index contributed by atoms with van der Waals surface area (Å²) in [5, 5.41) is 0. The molecule has 2 fully saturated rings. The molecule has 0 aromatic rings. The average molecular weight is 245 g/mol. The number of carbonyl (C=O) groups is 1. The Labute approximate surface area is 105 Å². The van der Waals surface area contributed by atoms with Crippen molar-refractivity contribution in [3.63, 3.8) is 0 Å². The number of hydrogen-bond acceptors (Lipinski definition) is 1. The molecule has 17 heavy (non-hydrogen) atoms. The van der Waals surface area contributed by atoms with Crippen molar-refractivity contribution in [1.82, 2.24) is 4.90 Å². The van der Waals surface area contributed by atoms with Crippen LogP contribution in [0.1, 0.15) is 53.9 Å². The molecule has 3 heteroatoms. The summed E-state index contributed by atoms with van der Waals surface area (Å²) in [7, 11) is 0. The number of carbonyl (C=O) groups excluding carboxylic acids is 1. The predicted octanol–water partition coefficient (Wildman–Crippen LogP) is 3.47. The highest BCUT2D eigenvalue weighted by atomic mass is 19.0. The summed E-state index contributed by atoms with van der Waals surface area (Å²) in [6.07, 6.45) is 4.04. The molecule has 102 valence electrons. The van der Waals surface area contributed by atoms with Gasteiger partial charge < -0.3 is 4.90 Å². The quantitative estimate of drug-likeness (QED) is 0.692. The van der Waals surface area contributed by atoms with Crippen molar-refractivity contribution in [2.24, 2.45) is 17.3 Å². The maximum Gasteiger partial charge on any atom is 0.219 e. The lowest BCUT2D eigenvalue weighted by Gasteiger charge is -2.33. The second-order valence-corrected chi connectivity index (χ2v) is 5.38. The van der Waals surface area contributed by atoms with Crippen molar-refractivity contribution in [1.29, 1.82) is 0 Å². The van der Waals surface area contributed by atoms with Crippen LogP contribution >= 0.6 is 0 Å². The largest absolute Gasteiger partial charge is 0.342 e. The molecule has 2 rings (SSSR count). The van der Waals surface area contributed by atoms with Gasteiger partial charge in [-0.25, -0.2) is 0 Å². The molecule has 0 N–H and O–H groups in total. The summed E-state index contributed by atoms with van der Waals surface area (Å²) in [6, 6.07) is 0. The van der Waals surface area contributed by atoms with Crippen LogP contribution in [-0.4, -0.2) is 23.9 Å². The molecule has 1 aliphatic heterocycles. The molecule has 1 aliphatic carbocycles. The van der Waals surface area contributed by atoms with Crippen molar-refractivity contribution in [2.75, 3.05) is 13.1 Å². The Balaban J connectivity index is 0.000000811. The molecule has 1 heterocycles. The number of nitrogens with zero attached hydrogens (tertiary/aromatic N) is 1. The first kappa shape index (κ1) is 16.4. The number of rotatable bonds is 1. The zero-order valence-corrected chi connectivity index (χ0v) is 12.0. The fourth-order valence-corrected chi connectivity index (χ4v) is 3.52. The van der Waals surface area contributed by atoms with Crippen LogP contribution in [-0.2, 0) is 4.79 Å². The van der Waals surface area contributed by atoms with Crippen molar-refractivity contribution >= 4 is 5.91 Å². The third-order valence-electron chi connectivity index (χ3n) is 4.53. The minimum Gasteiger partial charge on any atom is -0.342 e. The normalized spacial score (nSPS) is 30.5. The molecule has 0 aromatic heterocycles. The van der Waals surface area contributed by atoms with E-state index in [1.54, 1.807) is 6.92 Å². The average Bonchev–Trinajstić information content (AvgIpc) is 2.76. The van der Waals surface area contributed by atoms with Gasteiger partial charge in [0.25, 0.3) is 0 Å². The van der Waals surface area contributed by atoms with Gasteiger partial charge in [0.2, 0.25) is 5.91 Å². The van der Waals surface area contributed by atoms with Crippen LogP contribution in [0.4, 0.5) is 4.70 Å². The van der Waals surface area contributed by atoms with Crippen LogP contribution in [0, 0.1) is 17.3 Å². The fraction of sp³-hybridized carbons (Fsp3) is 0.929. The summed E-state index contributed by atoms with van der Waals surface area (Å²) in [5.74, 6) is 1.77. The summed E-state index contributed by atoms with van der Waals surface area (Å²) in [5.41, 5.74) is 0.464.